The van der Waals surface area contributed by atoms with Crippen molar-refractivity contribution in [3.63, 3.8) is 0 Å². The van der Waals surface area contributed by atoms with Crippen molar-refractivity contribution in [3.8, 4) is 0 Å². The minimum Gasteiger partial charge on any atom is -0.444 e. The summed E-state index contributed by atoms with van der Waals surface area (Å²) < 4.78 is 10.9. The minimum absolute atomic E-state index is 0.201. The molecule has 9 heteroatoms. The van der Waals surface area contributed by atoms with Crippen molar-refractivity contribution in [2.75, 3.05) is 13.7 Å². The number of rotatable bonds is 8. The van der Waals surface area contributed by atoms with Crippen molar-refractivity contribution in [1.29, 1.82) is 0 Å². The number of alkyl carbamates (subject to hydrolysis) is 1. The number of aliphatic hydroxyl groups is 1. The Labute approximate surface area is 173 Å². The van der Waals surface area contributed by atoms with Crippen LogP contribution in [0.3, 0.4) is 0 Å². The molecule has 1 rings (SSSR count). The Morgan fingerprint density at radius 3 is 2.31 bits per heavy atom. The first-order valence-corrected chi connectivity index (χ1v) is 10.2. The van der Waals surface area contributed by atoms with E-state index in [1.54, 1.807) is 27.7 Å². The molecule has 1 fully saturated rings. The third-order valence-corrected chi connectivity index (χ3v) is 4.67. The molecule has 1 saturated heterocycles. The van der Waals surface area contributed by atoms with Gasteiger partial charge in [0.25, 0.3) is 0 Å². The molecule has 1 heterocycles. The second-order valence-corrected chi connectivity index (χ2v) is 8.96. The summed E-state index contributed by atoms with van der Waals surface area (Å²) in [7, 11) is 1.49. The van der Waals surface area contributed by atoms with Crippen molar-refractivity contribution < 1.29 is 29.0 Å². The van der Waals surface area contributed by atoms with Crippen molar-refractivity contribution >= 4 is 17.9 Å². The van der Waals surface area contributed by atoms with E-state index in [9.17, 15) is 19.5 Å². The van der Waals surface area contributed by atoms with Gasteiger partial charge >= 0.3 is 6.09 Å². The molecule has 29 heavy (non-hydrogen) atoms. The zero-order valence-electron chi connectivity index (χ0n) is 18.6. The standard InChI is InChI=1S/C20H37N3O6/c1-11(2)10-14(23-19(27)29-20(4,5)6)15(24)13-8-9-28-16(13)18(26)22-12(3)17(25)21-7/h11-16,24H,8-10H2,1-7H3,(H,21,25)(H,22,26)(H,23,27)/t12-,13-,14-,15-,16+/m0/s1. The quantitative estimate of drug-likeness (QED) is 0.467. The van der Waals surface area contributed by atoms with E-state index in [2.05, 4.69) is 16.0 Å². The van der Waals surface area contributed by atoms with E-state index in [0.717, 1.165) is 0 Å². The van der Waals surface area contributed by atoms with E-state index in [1.807, 2.05) is 13.8 Å². The van der Waals surface area contributed by atoms with E-state index in [1.165, 1.54) is 7.05 Å². The molecule has 5 atom stereocenters. The van der Waals surface area contributed by atoms with Crippen molar-refractivity contribution in [2.45, 2.75) is 84.3 Å². The molecule has 0 unspecified atom stereocenters. The average molecular weight is 416 g/mol. The van der Waals surface area contributed by atoms with Crippen LogP contribution in [0.25, 0.3) is 0 Å². The highest BCUT2D eigenvalue weighted by molar-refractivity contribution is 5.89. The van der Waals surface area contributed by atoms with Crippen LogP contribution < -0.4 is 16.0 Å². The summed E-state index contributed by atoms with van der Waals surface area (Å²) in [5, 5.41) is 18.8. The summed E-state index contributed by atoms with van der Waals surface area (Å²) in [5.74, 6) is -1.08. The Hall–Kier alpha value is -1.87. The summed E-state index contributed by atoms with van der Waals surface area (Å²) in [5.41, 5.74) is -0.660. The number of ether oxygens (including phenoxy) is 2. The lowest BCUT2D eigenvalue weighted by Gasteiger charge is -2.32. The SMILES string of the molecule is CNC(=O)[C@H](C)NC(=O)[C@@H]1OCC[C@H]1[C@H](O)[C@H](CC(C)C)NC(=O)OC(C)(C)C. The lowest BCUT2D eigenvalue weighted by Crippen LogP contribution is -2.54. The van der Waals surface area contributed by atoms with Crippen LogP contribution in [0.2, 0.25) is 0 Å². The molecule has 0 radical (unpaired) electrons. The van der Waals surface area contributed by atoms with Gasteiger partial charge in [-0.15, -0.1) is 0 Å². The lowest BCUT2D eigenvalue weighted by molar-refractivity contribution is -0.137. The van der Waals surface area contributed by atoms with Gasteiger partial charge < -0.3 is 30.5 Å². The molecule has 0 bridgehead atoms. The maximum atomic E-state index is 12.6. The molecule has 3 amide bonds. The Balaban J connectivity index is 2.87. The highest BCUT2D eigenvalue weighted by atomic mass is 16.6. The summed E-state index contributed by atoms with van der Waals surface area (Å²) in [4.78, 5) is 36.5. The molecule has 1 aliphatic heterocycles. The molecule has 0 aromatic carbocycles. The maximum absolute atomic E-state index is 12.6. The average Bonchev–Trinajstić information content (AvgIpc) is 3.07. The van der Waals surface area contributed by atoms with Crippen molar-refractivity contribution in [2.24, 2.45) is 11.8 Å². The van der Waals surface area contributed by atoms with Gasteiger partial charge in [0.1, 0.15) is 17.7 Å². The van der Waals surface area contributed by atoms with Crippen LogP contribution in [0.1, 0.15) is 54.4 Å². The predicted molar refractivity (Wildman–Crippen MR) is 108 cm³/mol. The van der Waals surface area contributed by atoms with Crippen LogP contribution in [-0.4, -0.2) is 66.6 Å². The third-order valence-electron chi connectivity index (χ3n) is 4.67. The summed E-state index contributed by atoms with van der Waals surface area (Å²) >= 11 is 0. The lowest BCUT2D eigenvalue weighted by atomic mass is 9.86. The molecule has 168 valence electrons. The van der Waals surface area contributed by atoms with Gasteiger partial charge in [0.2, 0.25) is 11.8 Å². The summed E-state index contributed by atoms with van der Waals surface area (Å²) in [6.45, 7) is 11.1. The Morgan fingerprint density at radius 1 is 1.17 bits per heavy atom. The van der Waals surface area contributed by atoms with Gasteiger partial charge in [-0.1, -0.05) is 13.8 Å². The second-order valence-electron chi connectivity index (χ2n) is 8.96. The second kappa shape index (κ2) is 10.8. The van der Waals surface area contributed by atoms with Crippen molar-refractivity contribution in [3.05, 3.63) is 0 Å². The summed E-state index contributed by atoms with van der Waals surface area (Å²) in [6.07, 6.45) is -1.53. The zero-order chi connectivity index (χ0) is 22.4. The smallest absolute Gasteiger partial charge is 0.407 e. The number of likely N-dealkylation sites (N-methyl/N-ethyl adjacent to an activating group) is 1. The van der Waals surface area contributed by atoms with E-state index in [0.29, 0.717) is 19.4 Å². The largest absolute Gasteiger partial charge is 0.444 e. The van der Waals surface area contributed by atoms with Crippen LogP contribution in [-0.2, 0) is 19.1 Å². The number of hydrogen-bond acceptors (Lipinski definition) is 6. The highest BCUT2D eigenvalue weighted by Crippen LogP contribution is 2.28. The summed E-state index contributed by atoms with van der Waals surface area (Å²) in [6, 6.07) is -1.32. The first-order chi connectivity index (χ1) is 13.4. The molecule has 9 nitrogen and oxygen atoms in total. The van der Waals surface area contributed by atoms with E-state index >= 15 is 0 Å². The number of hydrogen-bond donors (Lipinski definition) is 4. The molecule has 0 aliphatic carbocycles. The molecular weight excluding hydrogens is 378 g/mol. The number of nitrogens with one attached hydrogen (secondary N) is 3. The number of amides is 3. The number of aliphatic hydroxyl groups excluding tert-OH is 1. The van der Waals surface area contributed by atoms with Crippen LogP contribution in [0.4, 0.5) is 4.79 Å². The first kappa shape index (κ1) is 25.2. The highest BCUT2D eigenvalue weighted by Gasteiger charge is 2.43. The van der Waals surface area contributed by atoms with Crippen LogP contribution in [0.5, 0.6) is 0 Å². The maximum Gasteiger partial charge on any atom is 0.407 e. The van der Waals surface area contributed by atoms with Gasteiger partial charge in [0.15, 0.2) is 0 Å². The van der Waals surface area contributed by atoms with Crippen LogP contribution in [0, 0.1) is 11.8 Å². The molecule has 0 spiro atoms. The van der Waals surface area contributed by atoms with Gasteiger partial charge in [-0.2, -0.15) is 0 Å². The normalized spacial score (nSPS) is 22.5. The fourth-order valence-corrected chi connectivity index (χ4v) is 3.35. The number of carbonyl (C=O) groups is 3. The molecule has 1 aliphatic rings. The Kier molecular flexibility index (Phi) is 9.35. The zero-order valence-corrected chi connectivity index (χ0v) is 18.6. The van der Waals surface area contributed by atoms with Crippen molar-refractivity contribution in [1.82, 2.24) is 16.0 Å². The Bertz CT molecular complexity index is 575. The van der Waals surface area contributed by atoms with E-state index in [-0.39, 0.29) is 11.8 Å². The number of carbonyl (C=O) groups excluding carboxylic acids is 3. The van der Waals surface area contributed by atoms with Gasteiger partial charge in [0, 0.05) is 19.6 Å². The first-order valence-electron chi connectivity index (χ1n) is 10.2. The fraction of sp³-hybridized carbons (Fsp3) is 0.850. The van der Waals surface area contributed by atoms with E-state index in [4.69, 9.17) is 9.47 Å². The van der Waals surface area contributed by atoms with Gasteiger partial charge in [-0.25, -0.2) is 4.79 Å². The topological polar surface area (TPSA) is 126 Å². The van der Waals surface area contributed by atoms with Crippen LogP contribution >= 0.6 is 0 Å². The Morgan fingerprint density at radius 2 is 1.79 bits per heavy atom. The molecule has 0 aromatic rings. The molecular formula is C20H37N3O6. The minimum atomic E-state index is -1.00. The monoisotopic (exact) mass is 415 g/mol. The van der Waals surface area contributed by atoms with Gasteiger partial charge in [-0.05, 0) is 46.5 Å². The molecule has 0 saturated carbocycles. The fourth-order valence-electron chi connectivity index (χ4n) is 3.35. The molecule has 4 N–H and O–H groups in total. The van der Waals surface area contributed by atoms with Gasteiger partial charge in [-0.3, -0.25) is 9.59 Å². The van der Waals surface area contributed by atoms with Gasteiger partial charge in [0.05, 0.1) is 12.1 Å². The third kappa shape index (κ3) is 8.18. The van der Waals surface area contributed by atoms with Crippen LogP contribution in [0.15, 0.2) is 0 Å². The predicted octanol–water partition coefficient (Wildman–Crippen LogP) is 0.943. The van der Waals surface area contributed by atoms with E-state index < -0.39 is 47.8 Å². The molecule has 0 aromatic heterocycles.